The Labute approximate surface area is 116 Å². The minimum absolute atomic E-state index is 0.447. The fourth-order valence-electron chi connectivity index (χ4n) is 2.76. The van der Waals surface area contributed by atoms with Crippen LogP contribution in [0.4, 0.5) is 5.69 Å². The van der Waals surface area contributed by atoms with Crippen molar-refractivity contribution in [1.82, 2.24) is 5.32 Å². The summed E-state index contributed by atoms with van der Waals surface area (Å²) in [5.41, 5.74) is 2.66. The van der Waals surface area contributed by atoms with E-state index in [1.54, 1.807) is 0 Å². The zero-order valence-electron chi connectivity index (χ0n) is 12.4. The van der Waals surface area contributed by atoms with Gasteiger partial charge in [0.05, 0.1) is 0 Å². The van der Waals surface area contributed by atoms with Crippen LogP contribution in [0.15, 0.2) is 24.3 Å². The molecule has 3 nitrogen and oxygen atoms in total. The molecule has 1 aromatic carbocycles. The third-order valence-corrected chi connectivity index (χ3v) is 4.05. The first-order valence-electron chi connectivity index (χ1n) is 7.23. The molecule has 1 N–H and O–H groups in total. The molecule has 0 spiro atoms. The van der Waals surface area contributed by atoms with E-state index in [2.05, 4.69) is 55.6 Å². The summed E-state index contributed by atoms with van der Waals surface area (Å²) in [6.07, 6.45) is 3.61. The summed E-state index contributed by atoms with van der Waals surface area (Å²) in [5.74, 6) is 0.786. The summed E-state index contributed by atoms with van der Waals surface area (Å²) in [6, 6.07) is 9.28. The zero-order valence-corrected chi connectivity index (χ0v) is 12.4. The predicted octanol–water partition coefficient (Wildman–Crippen LogP) is 2.83. The summed E-state index contributed by atoms with van der Waals surface area (Å²) in [5, 5.41) is 3.47. The lowest BCUT2D eigenvalue weighted by molar-refractivity contribution is 0.0608. The number of rotatable bonds is 5. The largest absolute Gasteiger partial charge is 0.381 e. The highest BCUT2D eigenvalue weighted by Crippen LogP contribution is 2.28. The molecule has 3 heteroatoms. The second-order valence-corrected chi connectivity index (χ2v) is 5.62. The van der Waals surface area contributed by atoms with Crippen LogP contribution < -0.4 is 10.2 Å². The molecule has 1 aliphatic heterocycles. The van der Waals surface area contributed by atoms with Gasteiger partial charge in [-0.3, -0.25) is 0 Å². The molecular formula is C16H26N2O. The molecule has 0 aliphatic carbocycles. The second kappa shape index (κ2) is 6.92. The molecule has 0 aromatic heterocycles. The molecule has 2 rings (SSSR count). The number of benzene rings is 1. The van der Waals surface area contributed by atoms with Crippen LogP contribution in [0.3, 0.4) is 0 Å². The van der Waals surface area contributed by atoms with Crippen molar-refractivity contribution in [1.29, 1.82) is 0 Å². The van der Waals surface area contributed by atoms with E-state index in [4.69, 9.17) is 4.74 Å². The maximum absolute atomic E-state index is 5.44. The Hall–Kier alpha value is -1.06. The van der Waals surface area contributed by atoms with E-state index in [9.17, 15) is 0 Å². The number of anilines is 1. The molecular weight excluding hydrogens is 236 g/mol. The average molecular weight is 262 g/mol. The molecule has 1 heterocycles. The monoisotopic (exact) mass is 262 g/mol. The molecule has 1 atom stereocenters. The Balaban J connectivity index is 2.05. The Kier molecular flexibility index (Phi) is 5.23. The van der Waals surface area contributed by atoms with Crippen molar-refractivity contribution in [2.24, 2.45) is 5.92 Å². The topological polar surface area (TPSA) is 24.5 Å². The third kappa shape index (κ3) is 3.95. The lowest BCUT2D eigenvalue weighted by Crippen LogP contribution is -2.24. The van der Waals surface area contributed by atoms with E-state index < -0.39 is 0 Å². The highest BCUT2D eigenvalue weighted by Gasteiger charge is 2.19. The first-order chi connectivity index (χ1) is 9.20. The SMILES string of the molecule is CNC(CC1CCOCC1)c1cccc(N(C)C)c1. The summed E-state index contributed by atoms with van der Waals surface area (Å²) in [4.78, 5) is 2.16. The maximum atomic E-state index is 5.44. The molecule has 1 aliphatic rings. The van der Waals surface area contributed by atoms with Crippen LogP contribution in [0.2, 0.25) is 0 Å². The average Bonchev–Trinajstić information content (AvgIpc) is 2.46. The van der Waals surface area contributed by atoms with Crippen molar-refractivity contribution in [2.75, 3.05) is 39.3 Å². The van der Waals surface area contributed by atoms with Gasteiger partial charge in [0.2, 0.25) is 0 Å². The van der Waals surface area contributed by atoms with E-state index >= 15 is 0 Å². The van der Waals surface area contributed by atoms with Gasteiger partial charge in [-0.25, -0.2) is 0 Å². The quantitative estimate of drug-likeness (QED) is 0.883. The number of ether oxygens (including phenoxy) is 1. The molecule has 0 saturated carbocycles. The highest BCUT2D eigenvalue weighted by atomic mass is 16.5. The van der Waals surface area contributed by atoms with Gasteiger partial charge >= 0.3 is 0 Å². The van der Waals surface area contributed by atoms with E-state index in [-0.39, 0.29) is 0 Å². The van der Waals surface area contributed by atoms with E-state index in [1.807, 2.05) is 0 Å². The van der Waals surface area contributed by atoms with Gasteiger partial charge in [0.15, 0.2) is 0 Å². The van der Waals surface area contributed by atoms with Gasteiger partial charge in [-0.15, -0.1) is 0 Å². The fourth-order valence-corrected chi connectivity index (χ4v) is 2.76. The molecule has 1 aromatic rings. The summed E-state index contributed by atoms with van der Waals surface area (Å²) < 4.78 is 5.44. The van der Waals surface area contributed by atoms with Crippen LogP contribution in [0.25, 0.3) is 0 Å². The molecule has 1 unspecified atom stereocenters. The number of hydrogen-bond acceptors (Lipinski definition) is 3. The second-order valence-electron chi connectivity index (χ2n) is 5.62. The van der Waals surface area contributed by atoms with Gasteiger partial charge in [0, 0.05) is 39.0 Å². The Bertz CT molecular complexity index is 386. The van der Waals surface area contributed by atoms with E-state index in [0.29, 0.717) is 6.04 Å². The molecule has 0 bridgehead atoms. The Morgan fingerprint density at radius 3 is 2.68 bits per heavy atom. The lowest BCUT2D eigenvalue weighted by atomic mass is 9.89. The fraction of sp³-hybridized carbons (Fsp3) is 0.625. The van der Waals surface area contributed by atoms with Crippen LogP contribution in [0, 0.1) is 5.92 Å². The van der Waals surface area contributed by atoms with Crippen LogP contribution in [-0.2, 0) is 4.74 Å². The maximum Gasteiger partial charge on any atom is 0.0468 e. The smallest absolute Gasteiger partial charge is 0.0468 e. The van der Waals surface area contributed by atoms with Crippen molar-refractivity contribution in [3.05, 3.63) is 29.8 Å². The minimum atomic E-state index is 0.447. The molecule has 1 saturated heterocycles. The van der Waals surface area contributed by atoms with Gasteiger partial charge in [0.1, 0.15) is 0 Å². The van der Waals surface area contributed by atoms with E-state index in [0.717, 1.165) is 19.1 Å². The highest BCUT2D eigenvalue weighted by molar-refractivity contribution is 5.47. The number of hydrogen-bond donors (Lipinski definition) is 1. The van der Waals surface area contributed by atoms with E-state index in [1.165, 1.54) is 30.5 Å². The predicted molar refractivity (Wildman–Crippen MR) is 80.7 cm³/mol. The third-order valence-electron chi connectivity index (χ3n) is 4.05. The molecule has 106 valence electrons. The van der Waals surface area contributed by atoms with Crippen LogP contribution in [0.1, 0.15) is 30.9 Å². The number of nitrogens with zero attached hydrogens (tertiary/aromatic N) is 1. The van der Waals surface area contributed by atoms with Crippen LogP contribution >= 0.6 is 0 Å². The molecule has 0 radical (unpaired) electrons. The zero-order chi connectivity index (χ0) is 13.7. The molecule has 1 fully saturated rings. The minimum Gasteiger partial charge on any atom is -0.381 e. The van der Waals surface area contributed by atoms with Gasteiger partial charge in [0.25, 0.3) is 0 Å². The van der Waals surface area contributed by atoms with Crippen molar-refractivity contribution in [3.63, 3.8) is 0 Å². The van der Waals surface area contributed by atoms with Crippen molar-refractivity contribution in [2.45, 2.75) is 25.3 Å². The van der Waals surface area contributed by atoms with Gasteiger partial charge in [-0.05, 0) is 49.9 Å². The lowest BCUT2D eigenvalue weighted by Gasteiger charge is -2.27. The van der Waals surface area contributed by atoms with Crippen molar-refractivity contribution < 1.29 is 4.74 Å². The standard InChI is InChI=1S/C16H26N2O/c1-17-16(11-13-7-9-19-10-8-13)14-5-4-6-15(12-14)18(2)3/h4-6,12-13,16-17H,7-11H2,1-3H3. The first kappa shape index (κ1) is 14.4. The Morgan fingerprint density at radius 1 is 1.32 bits per heavy atom. The van der Waals surface area contributed by atoms with Crippen molar-refractivity contribution in [3.8, 4) is 0 Å². The molecule has 0 amide bonds. The normalized spacial score (nSPS) is 18.3. The molecule has 19 heavy (non-hydrogen) atoms. The van der Waals surface area contributed by atoms with Crippen LogP contribution in [0.5, 0.6) is 0 Å². The van der Waals surface area contributed by atoms with Crippen molar-refractivity contribution >= 4 is 5.69 Å². The first-order valence-corrected chi connectivity index (χ1v) is 7.23. The van der Waals surface area contributed by atoms with Gasteiger partial charge in [-0.2, -0.15) is 0 Å². The summed E-state index contributed by atoms with van der Waals surface area (Å²) >= 11 is 0. The van der Waals surface area contributed by atoms with Gasteiger partial charge < -0.3 is 15.0 Å². The Morgan fingerprint density at radius 2 is 2.05 bits per heavy atom. The summed E-state index contributed by atoms with van der Waals surface area (Å²) in [6.45, 7) is 1.86. The van der Waals surface area contributed by atoms with Gasteiger partial charge in [-0.1, -0.05) is 12.1 Å². The van der Waals surface area contributed by atoms with Crippen LogP contribution in [-0.4, -0.2) is 34.4 Å². The number of nitrogens with one attached hydrogen (secondary N) is 1. The summed E-state index contributed by atoms with van der Waals surface area (Å²) in [7, 11) is 6.24.